The molecule has 1 heterocycles. The van der Waals surface area contributed by atoms with Crippen LogP contribution in [0.5, 0.6) is 0 Å². The van der Waals surface area contributed by atoms with Gasteiger partial charge in [0.2, 0.25) is 6.08 Å². The minimum atomic E-state index is 0.583. The first-order chi connectivity index (χ1) is 5.86. The van der Waals surface area contributed by atoms with Crippen LogP contribution in [0.25, 0.3) is 0 Å². The van der Waals surface area contributed by atoms with Crippen LogP contribution in [-0.4, -0.2) is 37.2 Å². The third kappa shape index (κ3) is 2.76. The second kappa shape index (κ2) is 5.07. The number of nitrogens with zero attached hydrogens (tertiary/aromatic N) is 2. The summed E-state index contributed by atoms with van der Waals surface area (Å²) in [4.78, 5) is 15.9. The summed E-state index contributed by atoms with van der Waals surface area (Å²) < 4.78 is 0. The highest BCUT2D eigenvalue weighted by Gasteiger charge is 2.17. The fraction of sp³-hybridized carbons (Fsp3) is 0.889. The average molecular weight is 168 g/mol. The normalized spacial score (nSPS) is 24.9. The number of likely N-dealkylation sites (tertiary alicyclic amines) is 1. The summed E-state index contributed by atoms with van der Waals surface area (Å²) in [6.45, 7) is 6.26. The Balaban J connectivity index is 2.30. The van der Waals surface area contributed by atoms with E-state index in [1.807, 2.05) is 0 Å². The maximum Gasteiger partial charge on any atom is 0.234 e. The number of piperidine rings is 1. The highest BCUT2D eigenvalue weighted by molar-refractivity contribution is 5.32. The monoisotopic (exact) mass is 168 g/mol. The zero-order chi connectivity index (χ0) is 8.81. The molecule has 0 amide bonds. The molecule has 1 saturated heterocycles. The van der Waals surface area contributed by atoms with Crippen LogP contribution in [0.1, 0.15) is 19.8 Å². The van der Waals surface area contributed by atoms with Crippen molar-refractivity contribution in [2.75, 3.05) is 26.2 Å². The maximum absolute atomic E-state index is 9.89. The van der Waals surface area contributed by atoms with Crippen molar-refractivity contribution in [3.63, 3.8) is 0 Å². The van der Waals surface area contributed by atoms with Crippen molar-refractivity contribution < 1.29 is 4.79 Å². The van der Waals surface area contributed by atoms with Crippen molar-refractivity contribution in [2.24, 2.45) is 10.9 Å². The van der Waals surface area contributed by atoms with E-state index < -0.39 is 0 Å². The quantitative estimate of drug-likeness (QED) is 0.466. The summed E-state index contributed by atoms with van der Waals surface area (Å²) in [5, 5.41) is 0. The lowest BCUT2D eigenvalue weighted by Crippen LogP contribution is -2.36. The van der Waals surface area contributed by atoms with Gasteiger partial charge in [-0.1, -0.05) is 6.92 Å². The lowest BCUT2D eigenvalue weighted by atomic mass is 9.98. The summed E-state index contributed by atoms with van der Waals surface area (Å²) in [7, 11) is 0. The Labute approximate surface area is 73.5 Å². The Morgan fingerprint density at radius 3 is 3.17 bits per heavy atom. The molecule has 0 spiro atoms. The van der Waals surface area contributed by atoms with E-state index >= 15 is 0 Å². The number of carbonyl (C=O) groups excluding carboxylic acids is 1. The van der Waals surface area contributed by atoms with Gasteiger partial charge in [0.1, 0.15) is 0 Å². The molecule has 0 N–H and O–H groups in total. The predicted octanol–water partition coefficient (Wildman–Crippen LogP) is 1.05. The molecule has 3 heteroatoms. The Kier molecular flexibility index (Phi) is 3.98. The fourth-order valence-corrected chi connectivity index (χ4v) is 1.75. The van der Waals surface area contributed by atoms with E-state index in [2.05, 4.69) is 16.8 Å². The van der Waals surface area contributed by atoms with E-state index in [9.17, 15) is 4.79 Å². The number of isocyanates is 1. The largest absolute Gasteiger partial charge is 0.303 e. The molecule has 1 aliphatic rings. The molecule has 0 bridgehead atoms. The molecule has 1 atom stereocenters. The van der Waals surface area contributed by atoms with Crippen molar-refractivity contribution in [1.82, 2.24) is 4.90 Å². The summed E-state index contributed by atoms with van der Waals surface area (Å²) >= 11 is 0. The minimum Gasteiger partial charge on any atom is -0.303 e. The van der Waals surface area contributed by atoms with E-state index in [-0.39, 0.29) is 0 Å². The van der Waals surface area contributed by atoms with Crippen LogP contribution >= 0.6 is 0 Å². The Morgan fingerprint density at radius 1 is 1.67 bits per heavy atom. The molecule has 68 valence electrons. The van der Waals surface area contributed by atoms with Crippen LogP contribution in [0.3, 0.4) is 0 Å². The lowest BCUT2D eigenvalue weighted by molar-refractivity contribution is 0.187. The molecule has 1 aliphatic heterocycles. The van der Waals surface area contributed by atoms with Crippen molar-refractivity contribution in [3.8, 4) is 0 Å². The molecule has 0 aromatic carbocycles. The molecule has 1 fully saturated rings. The van der Waals surface area contributed by atoms with Crippen LogP contribution in [-0.2, 0) is 4.79 Å². The van der Waals surface area contributed by atoms with Gasteiger partial charge in [0.05, 0.1) is 6.54 Å². The first kappa shape index (κ1) is 9.43. The molecule has 0 saturated carbocycles. The number of hydrogen-bond acceptors (Lipinski definition) is 3. The molecule has 0 aromatic rings. The van der Waals surface area contributed by atoms with Crippen molar-refractivity contribution in [3.05, 3.63) is 0 Å². The summed E-state index contributed by atoms with van der Waals surface area (Å²) in [6, 6.07) is 0. The fourth-order valence-electron chi connectivity index (χ4n) is 1.75. The van der Waals surface area contributed by atoms with Gasteiger partial charge in [-0.25, -0.2) is 9.79 Å². The molecular formula is C9H16N2O. The SMILES string of the molecule is CCN1CCCC(CN=C=O)C1. The van der Waals surface area contributed by atoms with Crippen LogP contribution in [0, 0.1) is 5.92 Å². The van der Waals surface area contributed by atoms with E-state index in [4.69, 9.17) is 0 Å². The van der Waals surface area contributed by atoms with Gasteiger partial charge >= 0.3 is 0 Å². The molecule has 0 radical (unpaired) electrons. The van der Waals surface area contributed by atoms with Gasteiger partial charge in [-0.15, -0.1) is 0 Å². The van der Waals surface area contributed by atoms with Gasteiger partial charge in [0, 0.05) is 6.54 Å². The second-order valence-corrected chi connectivity index (χ2v) is 3.33. The molecule has 3 nitrogen and oxygen atoms in total. The van der Waals surface area contributed by atoms with Gasteiger partial charge in [0.25, 0.3) is 0 Å². The third-order valence-electron chi connectivity index (χ3n) is 2.46. The second-order valence-electron chi connectivity index (χ2n) is 3.33. The average Bonchev–Trinajstić information content (AvgIpc) is 2.15. The van der Waals surface area contributed by atoms with E-state index in [1.165, 1.54) is 19.4 Å². The van der Waals surface area contributed by atoms with Crippen LogP contribution in [0.4, 0.5) is 0 Å². The first-order valence-electron chi connectivity index (χ1n) is 4.62. The van der Waals surface area contributed by atoms with Crippen LogP contribution < -0.4 is 0 Å². The maximum atomic E-state index is 9.89. The topological polar surface area (TPSA) is 32.7 Å². The summed E-state index contributed by atoms with van der Waals surface area (Å²) in [5.41, 5.74) is 0. The van der Waals surface area contributed by atoms with Gasteiger partial charge in [-0.2, -0.15) is 0 Å². The highest BCUT2D eigenvalue weighted by Crippen LogP contribution is 2.15. The van der Waals surface area contributed by atoms with Gasteiger partial charge in [-0.3, -0.25) is 0 Å². The predicted molar refractivity (Wildman–Crippen MR) is 47.8 cm³/mol. The summed E-state index contributed by atoms with van der Waals surface area (Å²) in [6.07, 6.45) is 4.06. The van der Waals surface area contributed by atoms with Gasteiger partial charge in [0.15, 0.2) is 0 Å². The lowest BCUT2D eigenvalue weighted by Gasteiger charge is -2.30. The molecule has 12 heavy (non-hydrogen) atoms. The molecule has 1 rings (SSSR count). The molecule has 0 aliphatic carbocycles. The van der Waals surface area contributed by atoms with Crippen LogP contribution in [0.15, 0.2) is 4.99 Å². The number of aliphatic imine (C=N–C) groups is 1. The van der Waals surface area contributed by atoms with Crippen molar-refractivity contribution in [1.29, 1.82) is 0 Å². The number of hydrogen-bond donors (Lipinski definition) is 0. The van der Waals surface area contributed by atoms with E-state index in [1.54, 1.807) is 6.08 Å². The van der Waals surface area contributed by atoms with E-state index in [0.717, 1.165) is 13.1 Å². The third-order valence-corrected chi connectivity index (χ3v) is 2.46. The van der Waals surface area contributed by atoms with Gasteiger partial charge < -0.3 is 4.90 Å². The molecular weight excluding hydrogens is 152 g/mol. The zero-order valence-electron chi connectivity index (χ0n) is 7.62. The first-order valence-corrected chi connectivity index (χ1v) is 4.62. The van der Waals surface area contributed by atoms with E-state index in [0.29, 0.717) is 12.5 Å². The number of rotatable bonds is 3. The zero-order valence-corrected chi connectivity index (χ0v) is 7.62. The van der Waals surface area contributed by atoms with Crippen LogP contribution in [0.2, 0.25) is 0 Å². The summed E-state index contributed by atoms with van der Waals surface area (Å²) in [5.74, 6) is 0.583. The Hall–Kier alpha value is -0.660. The highest BCUT2D eigenvalue weighted by atomic mass is 16.1. The van der Waals surface area contributed by atoms with Gasteiger partial charge in [-0.05, 0) is 31.8 Å². The van der Waals surface area contributed by atoms with Crippen molar-refractivity contribution in [2.45, 2.75) is 19.8 Å². The Bertz CT molecular complexity index is 175. The Morgan fingerprint density at radius 2 is 2.50 bits per heavy atom. The smallest absolute Gasteiger partial charge is 0.234 e. The van der Waals surface area contributed by atoms with Crippen molar-refractivity contribution >= 4 is 6.08 Å². The standard InChI is InChI=1S/C9H16N2O/c1-2-11-5-3-4-9(7-11)6-10-8-12/h9H,2-7H2,1H3. The molecule has 1 unspecified atom stereocenters. The molecule has 0 aromatic heterocycles. The minimum absolute atomic E-state index is 0.583.